The zero-order valence-corrected chi connectivity index (χ0v) is 12.5. The maximum atomic E-state index is 12.0. The lowest BCUT2D eigenvalue weighted by atomic mass is 9.98. The van der Waals surface area contributed by atoms with Crippen LogP contribution in [0.4, 0.5) is 0 Å². The third-order valence-corrected chi connectivity index (χ3v) is 2.69. The zero-order valence-electron chi connectivity index (χ0n) is 12.5. The smallest absolute Gasteiger partial charge is 0.326 e. The van der Waals surface area contributed by atoms with E-state index in [4.69, 9.17) is 9.47 Å². The predicted octanol–water partition coefficient (Wildman–Crippen LogP) is 2.37. The molecule has 4 nitrogen and oxygen atoms in total. The maximum Gasteiger partial charge on any atom is 0.326 e. The summed E-state index contributed by atoms with van der Waals surface area (Å²) in [5.41, 5.74) is -0.636. The van der Waals surface area contributed by atoms with Crippen LogP contribution in [0.25, 0.3) is 0 Å². The van der Waals surface area contributed by atoms with Gasteiger partial charge in [-0.15, -0.1) is 0 Å². The van der Waals surface area contributed by atoms with Crippen LogP contribution >= 0.6 is 0 Å². The Kier molecular flexibility index (Phi) is 9.02. The Hall–Kier alpha value is -0.610. The Morgan fingerprint density at radius 2 is 2.00 bits per heavy atom. The molecule has 0 spiro atoms. The van der Waals surface area contributed by atoms with E-state index in [1.54, 1.807) is 0 Å². The van der Waals surface area contributed by atoms with Crippen LogP contribution < -0.4 is 5.32 Å². The molecule has 0 aliphatic heterocycles. The molecule has 0 saturated carbocycles. The number of carbonyl (C=O) groups is 1. The highest BCUT2D eigenvalue weighted by atomic mass is 16.5. The van der Waals surface area contributed by atoms with Gasteiger partial charge in [-0.1, -0.05) is 20.8 Å². The van der Waals surface area contributed by atoms with Gasteiger partial charge in [0.2, 0.25) is 0 Å². The highest BCUT2D eigenvalue weighted by Gasteiger charge is 2.33. The fraction of sp³-hybridized carbons (Fsp3) is 0.929. The van der Waals surface area contributed by atoms with Gasteiger partial charge in [-0.05, 0) is 39.2 Å². The maximum absolute atomic E-state index is 12.0. The number of carbonyl (C=O) groups excluding carboxylic acids is 1. The van der Waals surface area contributed by atoms with Gasteiger partial charge in [-0.25, -0.2) is 0 Å². The summed E-state index contributed by atoms with van der Waals surface area (Å²) >= 11 is 0. The van der Waals surface area contributed by atoms with E-state index in [0.29, 0.717) is 25.6 Å². The molecule has 0 saturated heterocycles. The molecule has 0 aromatic carbocycles. The molecule has 0 rings (SSSR count). The quantitative estimate of drug-likeness (QED) is 0.483. The summed E-state index contributed by atoms with van der Waals surface area (Å²) in [6, 6.07) is 0. The second-order valence-electron chi connectivity index (χ2n) is 5.20. The molecule has 0 fully saturated rings. The monoisotopic (exact) mass is 259 g/mol. The normalized spacial score (nSPS) is 14.6. The van der Waals surface area contributed by atoms with Gasteiger partial charge in [0, 0.05) is 13.2 Å². The fourth-order valence-corrected chi connectivity index (χ4v) is 1.55. The molecule has 4 heteroatoms. The van der Waals surface area contributed by atoms with Crippen LogP contribution in [0.15, 0.2) is 0 Å². The second-order valence-corrected chi connectivity index (χ2v) is 5.20. The molecule has 1 atom stereocenters. The molecule has 18 heavy (non-hydrogen) atoms. The minimum absolute atomic E-state index is 0.188. The Morgan fingerprint density at radius 1 is 1.33 bits per heavy atom. The van der Waals surface area contributed by atoms with Crippen molar-refractivity contribution in [3.63, 3.8) is 0 Å². The van der Waals surface area contributed by atoms with Crippen molar-refractivity contribution < 1.29 is 14.3 Å². The summed E-state index contributed by atoms with van der Waals surface area (Å²) in [6.45, 7) is 12.5. The Balaban J connectivity index is 4.24. The highest BCUT2D eigenvalue weighted by molar-refractivity contribution is 5.80. The summed E-state index contributed by atoms with van der Waals surface area (Å²) in [4.78, 5) is 12.0. The zero-order chi connectivity index (χ0) is 14.0. The van der Waals surface area contributed by atoms with Crippen molar-refractivity contribution in [3.8, 4) is 0 Å². The minimum atomic E-state index is -0.636. The molecule has 0 radical (unpaired) electrons. The van der Waals surface area contributed by atoms with Crippen LogP contribution in [0.2, 0.25) is 0 Å². The average molecular weight is 259 g/mol. The lowest BCUT2D eigenvalue weighted by Crippen LogP contribution is -2.51. The van der Waals surface area contributed by atoms with Crippen molar-refractivity contribution in [1.29, 1.82) is 0 Å². The number of esters is 1. The first-order valence-electron chi connectivity index (χ1n) is 6.96. The van der Waals surface area contributed by atoms with Gasteiger partial charge in [0.05, 0.1) is 6.61 Å². The highest BCUT2D eigenvalue weighted by Crippen LogP contribution is 2.13. The molecule has 0 aliphatic carbocycles. The molecule has 0 bridgehead atoms. The van der Waals surface area contributed by atoms with Crippen LogP contribution in [-0.4, -0.2) is 37.9 Å². The summed E-state index contributed by atoms with van der Waals surface area (Å²) in [5, 5.41) is 3.26. The van der Waals surface area contributed by atoms with Gasteiger partial charge >= 0.3 is 5.97 Å². The number of ether oxygens (including phenoxy) is 2. The predicted molar refractivity (Wildman–Crippen MR) is 73.6 cm³/mol. The lowest BCUT2D eigenvalue weighted by Gasteiger charge is -2.28. The standard InChI is InChI=1S/C14H29NO3/c1-6-9-15-14(5,13(16)18-7-2)8-10-17-11-12(3)4/h12,15H,6-11H2,1-5H3. The second kappa shape index (κ2) is 9.34. The van der Waals surface area contributed by atoms with Crippen LogP contribution in [0.5, 0.6) is 0 Å². The molecule has 108 valence electrons. The van der Waals surface area contributed by atoms with Crippen molar-refractivity contribution in [3.05, 3.63) is 0 Å². The molecular weight excluding hydrogens is 230 g/mol. The molecule has 0 aliphatic rings. The van der Waals surface area contributed by atoms with E-state index in [0.717, 1.165) is 19.6 Å². The topological polar surface area (TPSA) is 47.6 Å². The summed E-state index contributed by atoms with van der Waals surface area (Å²) < 4.78 is 10.7. The first kappa shape index (κ1) is 17.4. The first-order chi connectivity index (χ1) is 8.46. The van der Waals surface area contributed by atoms with E-state index in [-0.39, 0.29) is 5.97 Å². The molecule has 0 aromatic heterocycles. The van der Waals surface area contributed by atoms with Gasteiger partial charge in [-0.3, -0.25) is 4.79 Å². The van der Waals surface area contributed by atoms with E-state index >= 15 is 0 Å². The first-order valence-corrected chi connectivity index (χ1v) is 6.96. The molecule has 0 amide bonds. The van der Waals surface area contributed by atoms with E-state index in [9.17, 15) is 4.79 Å². The van der Waals surface area contributed by atoms with Crippen LogP contribution in [-0.2, 0) is 14.3 Å². The fourth-order valence-electron chi connectivity index (χ4n) is 1.55. The number of hydrogen-bond donors (Lipinski definition) is 1. The van der Waals surface area contributed by atoms with E-state index in [2.05, 4.69) is 26.1 Å². The van der Waals surface area contributed by atoms with Crippen molar-refractivity contribution in [2.24, 2.45) is 5.92 Å². The average Bonchev–Trinajstić information content (AvgIpc) is 2.32. The molecule has 1 unspecified atom stereocenters. The van der Waals surface area contributed by atoms with Crippen molar-refractivity contribution >= 4 is 5.97 Å². The number of rotatable bonds is 10. The third-order valence-electron chi connectivity index (χ3n) is 2.69. The summed E-state index contributed by atoms with van der Waals surface area (Å²) in [6.07, 6.45) is 1.63. The minimum Gasteiger partial charge on any atom is -0.465 e. The summed E-state index contributed by atoms with van der Waals surface area (Å²) in [7, 11) is 0. The number of nitrogens with one attached hydrogen (secondary N) is 1. The van der Waals surface area contributed by atoms with Crippen LogP contribution in [0.3, 0.4) is 0 Å². The largest absolute Gasteiger partial charge is 0.465 e. The van der Waals surface area contributed by atoms with E-state index in [1.807, 2.05) is 13.8 Å². The third kappa shape index (κ3) is 6.97. The van der Waals surface area contributed by atoms with Gasteiger partial charge in [-0.2, -0.15) is 0 Å². The molecule has 1 N–H and O–H groups in total. The van der Waals surface area contributed by atoms with Crippen molar-refractivity contribution in [1.82, 2.24) is 5.32 Å². The van der Waals surface area contributed by atoms with Gasteiger partial charge in [0.25, 0.3) is 0 Å². The van der Waals surface area contributed by atoms with E-state index < -0.39 is 5.54 Å². The lowest BCUT2D eigenvalue weighted by molar-refractivity contribution is -0.151. The summed E-state index contributed by atoms with van der Waals surface area (Å²) in [5.74, 6) is 0.328. The van der Waals surface area contributed by atoms with Crippen molar-refractivity contribution in [2.75, 3.05) is 26.4 Å². The van der Waals surface area contributed by atoms with Crippen LogP contribution in [0.1, 0.15) is 47.5 Å². The SMILES string of the molecule is CCCNC(C)(CCOCC(C)C)C(=O)OCC. The van der Waals surface area contributed by atoms with E-state index in [1.165, 1.54) is 0 Å². The molecular formula is C14H29NO3. The van der Waals surface area contributed by atoms with Crippen LogP contribution in [0, 0.1) is 5.92 Å². The Labute approximate surface area is 111 Å². The van der Waals surface area contributed by atoms with Gasteiger partial charge < -0.3 is 14.8 Å². The number of hydrogen-bond acceptors (Lipinski definition) is 4. The Morgan fingerprint density at radius 3 is 2.50 bits per heavy atom. The van der Waals surface area contributed by atoms with Crippen molar-refractivity contribution in [2.45, 2.75) is 53.0 Å². The van der Waals surface area contributed by atoms with Gasteiger partial charge in [0.15, 0.2) is 0 Å². The molecule has 0 aromatic rings. The molecule has 0 heterocycles. The Bertz CT molecular complexity index is 231. The van der Waals surface area contributed by atoms with Gasteiger partial charge in [0.1, 0.15) is 5.54 Å².